The first-order valence-corrected chi connectivity index (χ1v) is 12.3. The molecule has 2 aromatic carbocycles. The number of rotatable bonds is 14. The van der Waals surface area contributed by atoms with Gasteiger partial charge >= 0.3 is 0 Å². The third-order valence-electron chi connectivity index (χ3n) is 5.11. The van der Waals surface area contributed by atoms with E-state index in [0.29, 0.717) is 11.5 Å². The highest BCUT2D eigenvalue weighted by molar-refractivity contribution is 7.85. The minimum Gasteiger partial charge on any atom is -0.457 e. The van der Waals surface area contributed by atoms with E-state index in [2.05, 4.69) is 6.92 Å². The Morgan fingerprint density at radius 2 is 1.38 bits per heavy atom. The van der Waals surface area contributed by atoms with Crippen molar-refractivity contribution in [3.05, 3.63) is 54.1 Å². The van der Waals surface area contributed by atoms with E-state index in [1.54, 1.807) is 6.07 Å². The second-order valence-corrected chi connectivity index (χ2v) is 9.01. The summed E-state index contributed by atoms with van der Waals surface area (Å²) in [7, 11) is -4.26. The predicted octanol–water partition coefficient (Wildman–Crippen LogP) is 7.19. The van der Waals surface area contributed by atoms with E-state index < -0.39 is 10.1 Å². The molecule has 0 spiro atoms. The molecule has 1 N–H and O–H groups in total. The molecule has 0 saturated heterocycles. The number of aryl methyl sites for hydroxylation is 1. The molecule has 0 aliphatic carbocycles. The van der Waals surface area contributed by atoms with Crippen LogP contribution >= 0.6 is 0 Å². The van der Waals surface area contributed by atoms with Crippen LogP contribution in [0.15, 0.2) is 53.4 Å². The summed E-state index contributed by atoms with van der Waals surface area (Å²) < 4.78 is 38.2. The minimum atomic E-state index is -4.26. The molecular weight excluding hydrogens is 384 g/mol. The summed E-state index contributed by atoms with van der Waals surface area (Å²) in [5.41, 5.74) is 0.959. The highest BCUT2D eigenvalue weighted by Crippen LogP contribution is 2.29. The van der Waals surface area contributed by atoms with E-state index in [-0.39, 0.29) is 4.90 Å². The average molecular weight is 419 g/mol. The molecule has 0 bridgehead atoms. The topological polar surface area (TPSA) is 63.6 Å². The fourth-order valence-electron chi connectivity index (χ4n) is 3.42. The van der Waals surface area contributed by atoms with Gasteiger partial charge in [0.05, 0.1) is 4.90 Å². The molecular formula is C24H34O4S. The van der Waals surface area contributed by atoms with Gasteiger partial charge < -0.3 is 4.74 Å². The van der Waals surface area contributed by atoms with Gasteiger partial charge in [-0.2, -0.15) is 8.42 Å². The SMILES string of the molecule is CCCCCCCCCCCCc1ccc(S(=O)(=O)O)cc1Oc1ccccc1. The van der Waals surface area contributed by atoms with Gasteiger partial charge in [0, 0.05) is 6.07 Å². The van der Waals surface area contributed by atoms with Crippen LogP contribution in [0.1, 0.15) is 76.7 Å². The Kier molecular flexibility index (Phi) is 10.2. The van der Waals surface area contributed by atoms with Crippen LogP contribution in [0.2, 0.25) is 0 Å². The molecule has 0 amide bonds. The lowest BCUT2D eigenvalue weighted by molar-refractivity contribution is 0.466. The first-order valence-electron chi connectivity index (χ1n) is 10.8. The largest absolute Gasteiger partial charge is 0.457 e. The number of unbranched alkanes of at least 4 members (excludes halogenated alkanes) is 9. The summed E-state index contributed by atoms with van der Waals surface area (Å²) in [5, 5.41) is 0. The quantitative estimate of drug-likeness (QED) is 0.260. The zero-order chi connectivity index (χ0) is 21.0. The summed E-state index contributed by atoms with van der Waals surface area (Å²) in [6, 6.07) is 13.9. The Bertz CT molecular complexity index is 816. The zero-order valence-corrected chi connectivity index (χ0v) is 18.3. The van der Waals surface area contributed by atoms with Crippen molar-refractivity contribution < 1.29 is 17.7 Å². The Morgan fingerprint density at radius 1 is 0.793 bits per heavy atom. The molecule has 0 heterocycles. The molecule has 0 radical (unpaired) electrons. The second kappa shape index (κ2) is 12.7. The Hall–Kier alpha value is -1.85. The van der Waals surface area contributed by atoms with Crippen molar-refractivity contribution in [2.24, 2.45) is 0 Å². The number of hydrogen-bond acceptors (Lipinski definition) is 3. The predicted molar refractivity (Wildman–Crippen MR) is 118 cm³/mol. The van der Waals surface area contributed by atoms with Crippen LogP contribution in [-0.4, -0.2) is 13.0 Å². The first-order chi connectivity index (χ1) is 14.0. The molecule has 29 heavy (non-hydrogen) atoms. The third kappa shape index (κ3) is 9.01. The molecule has 0 aliphatic rings. The van der Waals surface area contributed by atoms with E-state index in [0.717, 1.165) is 24.8 Å². The number of benzene rings is 2. The van der Waals surface area contributed by atoms with Crippen LogP contribution in [-0.2, 0) is 16.5 Å². The van der Waals surface area contributed by atoms with E-state index in [4.69, 9.17) is 4.74 Å². The maximum atomic E-state index is 11.5. The number of ether oxygens (including phenoxy) is 1. The maximum Gasteiger partial charge on any atom is 0.294 e. The molecule has 0 aliphatic heterocycles. The van der Waals surface area contributed by atoms with Gasteiger partial charge in [0.2, 0.25) is 0 Å². The van der Waals surface area contributed by atoms with Crippen molar-refractivity contribution in [1.29, 1.82) is 0 Å². The van der Waals surface area contributed by atoms with E-state index in [1.165, 1.54) is 63.5 Å². The zero-order valence-electron chi connectivity index (χ0n) is 17.5. The molecule has 5 heteroatoms. The molecule has 0 unspecified atom stereocenters. The van der Waals surface area contributed by atoms with Crippen LogP contribution < -0.4 is 4.74 Å². The van der Waals surface area contributed by atoms with Gasteiger partial charge in [0.25, 0.3) is 10.1 Å². The molecule has 160 valence electrons. The Morgan fingerprint density at radius 3 is 1.97 bits per heavy atom. The van der Waals surface area contributed by atoms with Gasteiger partial charge in [-0.15, -0.1) is 0 Å². The number of para-hydroxylation sites is 1. The van der Waals surface area contributed by atoms with Crippen molar-refractivity contribution in [3.63, 3.8) is 0 Å². The van der Waals surface area contributed by atoms with Gasteiger partial charge in [-0.3, -0.25) is 4.55 Å². The lowest BCUT2D eigenvalue weighted by atomic mass is 10.0. The highest BCUT2D eigenvalue weighted by atomic mass is 32.2. The van der Waals surface area contributed by atoms with Crippen LogP contribution in [0.4, 0.5) is 0 Å². The van der Waals surface area contributed by atoms with Crippen LogP contribution in [0, 0.1) is 0 Å². The van der Waals surface area contributed by atoms with Crippen LogP contribution in [0.3, 0.4) is 0 Å². The molecule has 2 rings (SSSR count). The first kappa shape index (κ1) is 23.4. The fraction of sp³-hybridized carbons (Fsp3) is 0.500. The lowest BCUT2D eigenvalue weighted by Crippen LogP contribution is -2.00. The van der Waals surface area contributed by atoms with Crippen molar-refractivity contribution in [3.8, 4) is 11.5 Å². The summed E-state index contributed by atoms with van der Waals surface area (Å²) in [4.78, 5) is -0.143. The Balaban J connectivity index is 1.85. The highest BCUT2D eigenvalue weighted by Gasteiger charge is 2.14. The monoisotopic (exact) mass is 418 g/mol. The van der Waals surface area contributed by atoms with Gasteiger partial charge in [-0.1, -0.05) is 89.0 Å². The summed E-state index contributed by atoms with van der Waals surface area (Å²) in [6.45, 7) is 2.24. The molecule has 0 atom stereocenters. The maximum absolute atomic E-state index is 11.5. The van der Waals surface area contributed by atoms with E-state index in [1.807, 2.05) is 30.3 Å². The van der Waals surface area contributed by atoms with Crippen molar-refractivity contribution >= 4 is 10.1 Å². The van der Waals surface area contributed by atoms with Gasteiger partial charge in [-0.25, -0.2) is 0 Å². The van der Waals surface area contributed by atoms with Crippen LogP contribution in [0.25, 0.3) is 0 Å². The van der Waals surface area contributed by atoms with Crippen molar-refractivity contribution in [2.45, 2.75) is 82.4 Å². The molecule has 0 saturated carbocycles. The van der Waals surface area contributed by atoms with Crippen LogP contribution in [0.5, 0.6) is 11.5 Å². The van der Waals surface area contributed by atoms with Crippen molar-refractivity contribution in [2.75, 3.05) is 0 Å². The Labute approximate surface area is 176 Å². The second-order valence-electron chi connectivity index (χ2n) is 7.59. The normalized spacial score (nSPS) is 11.5. The third-order valence-corrected chi connectivity index (χ3v) is 5.96. The molecule has 2 aromatic rings. The van der Waals surface area contributed by atoms with E-state index in [9.17, 15) is 13.0 Å². The smallest absolute Gasteiger partial charge is 0.294 e. The van der Waals surface area contributed by atoms with Gasteiger partial charge in [0.15, 0.2) is 0 Å². The fourth-order valence-corrected chi connectivity index (χ4v) is 3.91. The average Bonchev–Trinajstić information content (AvgIpc) is 2.70. The minimum absolute atomic E-state index is 0.143. The summed E-state index contributed by atoms with van der Waals surface area (Å²) >= 11 is 0. The van der Waals surface area contributed by atoms with Gasteiger partial charge in [-0.05, 0) is 36.6 Å². The number of hydrogen-bond donors (Lipinski definition) is 1. The van der Waals surface area contributed by atoms with Crippen molar-refractivity contribution in [1.82, 2.24) is 0 Å². The van der Waals surface area contributed by atoms with Gasteiger partial charge in [0.1, 0.15) is 11.5 Å². The summed E-state index contributed by atoms with van der Waals surface area (Å²) in [6.07, 6.45) is 13.5. The molecule has 0 aromatic heterocycles. The molecule has 0 fully saturated rings. The summed E-state index contributed by atoms with van der Waals surface area (Å²) in [5.74, 6) is 1.13. The standard InChI is InChI=1S/C24H34O4S/c1-2-3-4-5-6-7-8-9-10-12-15-21-18-19-23(29(25,26)27)20-24(21)28-22-16-13-11-14-17-22/h11,13-14,16-20H,2-10,12,15H2,1H3,(H,25,26,27). The lowest BCUT2D eigenvalue weighted by Gasteiger charge is -2.12. The molecule has 4 nitrogen and oxygen atoms in total. The van der Waals surface area contributed by atoms with E-state index >= 15 is 0 Å².